The molecule has 3 atom stereocenters. The lowest BCUT2D eigenvalue weighted by Gasteiger charge is -2.24. The Bertz CT molecular complexity index is 566. The van der Waals surface area contributed by atoms with Gasteiger partial charge in [0.15, 0.2) is 0 Å². The zero-order valence-corrected chi connectivity index (χ0v) is 11.0. The van der Waals surface area contributed by atoms with Gasteiger partial charge in [0.2, 0.25) is 0 Å². The minimum atomic E-state index is -0.927. The van der Waals surface area contributed by atoms with Crippen molar-refractivity contribution in [2.75, 3.05) is 0 Å². The SMILES string of the molecule is C[C@]1(C(O)c2ccccc2)C[C@@]1(O)c1ccccc1. The van der Waals surface area contributed by atoms with E-state index in [-0.39, 0.29) is 0 Å². The van der Waals surface area contributed by atoms with E-state index in [0.29, 0.717) is 6.42 Å². The molecule has 3 rings (SSSR count). The van der Waals surface area contributed by atoms with Crippen LogP contribution in [0.15, 0.2) is 60.7 Å². The molecule has 1 aliphatic rings. The Balaban J connectivity index is 1.91. The van der Waals surface area contributed by atoms with Gasteiger partial charge in [-0.2, -0.15) is 0 Å². The number of benzene rings is 2. The summed E-state index contributed by atoms with van der Waals surface area (Å²) in [5.74, 6) is 0. The smallest absolute Gasteiger partial charge is 0.0986 e. The molecule has 2 aromatic carbocycles. The van der Waals surface area contributed by atoms with Gasteiger partial charge in [0.05, 0.1) is 11.7 Å². The van der Waals surface area contributed by atoms with Gasteiger partial charge in [-0.1, -0.05) is 67.6 Å². The minimum absolute atomic E-state index is 0.518. The minimum Gasteiger partial charge on any atom is -0.388 e. The highest BCUT2D eigenvalue weighted by Crippen LogP contribution is 2.68. The van der Waals surface area contributed by atoms with Crippen LogP contribution in [0.4, 0.5) is 0 Å². The van der Waals surface area contributed by atoms with E-state index in [0.717, 1.165) is 11.1 Å². The van der Waals surface area contributed by atoms with Gasteiger partial charge in [-0.15, -0.1) is 0 Å². The van der Waals surface area contributed by atoms with Crippen LogP contribution in [-0.2, 0) is 5.60 Å². The normalized spacial score (nSPS) is 30.9. The van der Waals surface area contributed by atoms with Crippen LogP contribution in [0.2, 0.25) is 0 Å². The molecule has 19 heavy (non-hydrogen) atoms. The maximum Gasteiger partial charge on any atom is 0.0986 e. The molecule has 0 bridgehead atoms. The van der Waals surface area contributed by atoms with E-state index in [2.05, 4.69) is 0 Å². The van der Waals surface area contributed by atoms with Crippen LogP contribution in [0.25, 0.3) is 0 Å². The van der Waals surface area contributed by atoms with Crippen LogP contribution < -0.4 is 0 Å². The molecule has 1 fully saturated rings. The van der Waals surface area contributed by atoms with Gasteiger partial charge < -0.3 is 10.2 Å². The molecule has 0 aromatic heterocycles. The van der Waals surface area contributed by atoms with Gasteiger partial charge in [0.1, 0.15) is 0 Å². The Morgan fingerprint density at radius 1 is 0.947 bits per heavy atom. The molecule has 0 amide bonds. The first-order chi connectivity index (χ1) is 9.08. The zero-order chi connectivity index (χ0) is 13.5. The Morgan fingerprint density at radius 2 is 1.47 bits per heavy atom. The highest BCUT2D eigenvalue weighted by Gasteiger charge is 2.68. The molecule has 0 saturated heterocycles. The second kappa shape index (κ2) is 4.19. The second-order valence-electron chi connectivity index (χ2n) is 5.63. The number of hydrogen-bond acceptors (Lipinski definition) is 2. The summed E-state index contributed by atoms with van der Waals surface area (Å²) >= 11 is 0. The molecule has 2 aromatic rings. The van der Waals surface area contributed by atoms with Crippen LogP contribution >= 0.6 is 0 Å². The average Bonchev–Trinajstić information content (AvgIpc) is 3.05. The Labute approximate surface area is 113 Å². The van der Waals surface area contributed by atoms with E-state index >= 15 is 0 Å². The Hall–Kier alpha value is -1.64. The van der Waals surface area contributed by atoms with Crippen molar-refractivity contribution in [3.8, 4) is 0 Å². The lowest BCUT2D eigenvalue weighted by molar-refractivity contribution is 0.0189. The molecular formula is C17H18O2. The van der Waals surface area contributed by atoms with Crippen molar-refractivity contribution < 1.29 is 10.2 Å². The summed E-state index contributed by atoms with van der Waals surface area (Å²) in [7, 11) is 0. The second-order valence-corrected chi connectivity index (χ2v) is 5.63. The quantitative estimate of drug-likeness (QED) is 0.884. The van der Waals surface area contributed by atoms with E-state index in [9.17, 15) is 10.2 Å². The summed E-state index contributed by atoms with van der Waals surface area (Å²) in [5, 5.41) is 21.3. The van der Waals surface area contributed by atoms with Crippen LogP contribution in [0.5, 0.6) is 0 Å². The van der Waals surface area contributed by atoms with Gasteiger partial charge in [-0.3, -0.25) is 0 Å². The number of aliphatic hydroxyl groups excluding tert-OH is 1. The fourth-order valence-electron chi connectivity index (χ4n) is 2.96. The molecule has 1 aliphatic carbocycles. The van der Waals surface area contributed by atoms with Crippen molar-refractivity contribution >= 4 is 0 Å². The number of rotatable bonds is 3. The monoisotopic (exact) mass is 254 g/mol. The lowest BCUT2D eigenvalue weighted by Crippen LogP contribution is -2.22. The van der Waals surface area contributed by atoms with Crippen molar-refractivity contribution in [1.82, 2.24) is 0 Å². The van der Waals surface area contributed by atoms with Crippen molar-refractivity contribution in [1.29, 1.82) is 0 Å². The topological polar surface area (TPSA) is 40.5 Å². The molecule has 2 N–H and O–H groups in total. The maximum absolute atomic E-state index is 10.8. The third-order valence-corrected chi connectivity index (χ3v) is 4.41. The summed E-state index contributed by atoms with van der Waals surface area (Å²) in [6, 6.07) is 19.2. The van der Waals surface area contributed by atoms with E-state index in [1.54, 1.807) is 0 Å². The van der Waals surface area contributed by atoms with E-state index in [1.807, 2.05) is 67.6 Å². The van der Waals surface area contributed by atoms with Gasteiger partial charge in [-0.25, -0.2) is 0 Å². The van der Waals surface area contributed by atoms with Crippen LogP contribution in [-0.4, -0.2) is 10.2 Å². The molecule has 2 heteroatoms. The third kappa shape index (κ3) is 1.79. The van der Waals surface area contributed by atoms with Gasteiger partial charge in [0, 0.05) is 5.41 Å². The summed E-state index contributed by atoms with van der Waals surface area (Å²) in [6.45, 7) is 1.94. The standard InChI is InChI=1S/C17H18O2/c1-16(15(18)13-8-4-2-5-9-13)12-17(16,19)14-10-6-3-7-11-14/h2-11,15,18-19H,12H2,1H3/t15?,16-,17-/m1/s1. The summed E-state index contributed by atoms with van der Waals surface area (Å²) < 4.78 is 0. The highest BCUT2D eigenvalue weighted by molar-refractivity contribution is 5.37. The van der Waals surface area contributed by atoms with Crippen LogP contribution in [0.3, 0.4) is 0 Å². The predicted octanol–water partition coefficient (Wildman–Crippen LogP) is 3.02. The molecule has 0 heterocycles. The summed E-state index contributed by atoms with van der Waals surface area (Å²) in [5.41, 5.74) is 0.295. The predicted molar refractivity (Wildman–Crippen MR) is 74.5 cm³/mol. The lowest BCUT2D eigenvalue weighted by atomic mass is 9.88. The molecule has 98 valence electrons. The summed E-state index contributed by atoms with van der Waals surface area (Å²) in [4.78, 5) is 0. The van der Waals surface area contributed by atoms with E-state index in [4.69, 9.17) is 0 Å². The highest BCUT2D eigenvalue weighted by atomic mass is 16.3. The first-order valence-electron chi connectivity index (χ1n) is 6.59. The molecule has 0 aliphatic heterocycles. The first-order valence-corrected chi connectivity index (χ1v) is 6.59. The molecule has 0 radical (unpaired) electrons. The van der Waals surface area contributed by atoms with Gasteiger partial charge >= 0.3 is 0 Å². The first kappa shape index (κ1) is 12.4. The largest absolute Gasteiger partial charge is 0.388 e. The van der Waals surface area contributed by atoms with Crippen LogP contribution in [0.1, 0.15) is 30.6 Å². The van der Waals surface area contributed by atoms with Gasteiger partial charge in [-0.05, 0) is 17.5 Å². The number of aliphatic hydroxyl groups is 2. The van der Waals surface area contributed by atoms with Crippen LogP contribution in [0, 0.1) is 5.41 Å². The van der Waals surface area contributed by atoms with Crippen molar-refractivity contribution in [3.05, 3.63) is 71.8 Å². The molecule has 2 nitrogen and oxygen atoms in total. The molecule has 1 saturated carbocycles. The average molecular weight is 254 g/mol. The van der Waals surface area contributed by atoms with Crippen molar-refractivity contribution in [2.24, 2.45) is 5.41 Å². The maximum atomic E-state index is 10.8. The fraction of sp³-hybridized carbons (Fsp3) is 0.294. The zero-order valence-electron chi connectivity index (χ0n) is 11.0. The number of hydrogen-bond donors (Lipinski definition) is 2. The third-order valence-electron chi connectivity index (χ3n) is 4.41. The molecule has 1 unspecified atom stereocenters. The Kier molecular flexibility index (Phi) is 2.73. The van der Waals surface area contributed by atoms with Crippen molar-refractivity contribution in [3.63, 3.8) is 0 Å². The molecular weight excluding hydrogens is 236 g/mol. The molecule has 0 spiro atoms. The van der Waals surface area contributed by atoms with E-state index in [1.165, 1.54) is 0 Å². The van der Waals surface area contributed by atoms with Crippen molar-refractivity contribution in [2.45, 2.75) is 25.0 Å². The fourth-order valence-corrected chi connectivity index (χ4v) is 2.96. The van der Waals surface area contributed by atoms with E-state index < -0.39 is 17.1 Å². The summed E-state index contributed by atoms with van der Waals surface area (Å²) in [6.07, 6.45) is -0.0704. The Morgan fingerprint density at radius 3 is 2.05 bits per heavy atom. The van der Waals surface area contributed by atoms with Gasteiger partial charge in [0.25, 0.3) is 0 Å².